The average molecular weight is 394 g/mol. The highest BCUT2D eigenvalue weighted by atomic mass is 79.9. The van der Waals surface area contributed by atoms with Gasteiger partial charge in [-0.25, -0.2) is 4.39 Å². The van der Waals surface area contributed by atoms with E-state index in [2.05, 4.69) is 31.9 Å². The smallest absolute Gasteiger partial charge is 0.136 e. The molecule has 0 aliphatic rings. The molecule has 0 radical (unpaired) electrons. The zero-order valence-corrected chi connectivity index (χ0v) is 13.0. The number of hydrogen-bond acceptors (Lipinski definition) is 1. The molecule has 2 aromatic carbocycles. The Balaban J connectivity index is 2.13. The summed E-state index contributed by atoms with van der Waals surface area (Å²) in [5, 5.41) is 0.608. The van der Waals surface area contributed by atoms with Crippen LogP contribution in [0.25, 0.3) is 0 Å². The van der Waals surface area contributed by atoms with Crippen LogP contribution in [0.4, 0.5) is 4.39 Å². The number of rotatable bonds is 3. The molecule has 0 saturated heterocycles. The first kappa shape index (κ1) is 13.8. The Morgan fingerprint density at radius 3 is 2.61 bits per heavy atom. The third-order valence-electron chi connectivity index (χ3n) is 2.29. The maximum absolute atomic E-state index is 13.1. The van der Waals surface area contributed by atoms with Crippen LogP contribution in [0, 0.1) is 5.82 Å². The highest BCUT2D eigenvalue weighted by Crippen LogP contribution is 2.28. The number of hydrogen-bond donors (Lipinski definition) is 0. The van der Waals surface area contributed by atoms with Crippen LogP contribution in [0.5, 0.6) is 5.75 Å². The van der Waals surface area contributed by atoms with Gasteiger partial charge in [-0.15, -0.1) is 0 Å². The molecule has 0 spiro atoms. The van der Waals surface area contributed by atoms with E-state index >= 15 is 0 Å². The second kappa shape index (κ2) is 6.04. The molecule has 0 bridgehead atoms. The first-order valence-corrected chi connectivity index (χ1v) is 7.04. The van der Waals surface area contributed by atoms with Gasteiger partial charge in [0.15, 0.2) is 0 Å². The van der Waals surface area contributed by atoms with Crippen LogP contribution >= 0.6 is 43.5 Å². The SMILES string of the molecule is Fc1ccc(Br)c(OCc2ccc(Br)cc2Cl)c1. The Morgan fingerprint density at radius 1 is 1.11 bits per heavy atom. The molecule has 0 aliphatic carbocycles. The van der Waals surface area contributed by atoms with E-state index in [0.717, 1.165) is 10.0 Å². The zero-order chi connectivity index (χ0) is 13.1. The van der Waals surface area contributed by atoms with Gasteiger partial charge >= 0.3 is 0 Å². The third kappa shape index (κ3) is 3.46. The molecule has 0 amide bonds. The summed E-state index contributed by atoms with van der Waals surface area (Å²) in [5.41, 5.74) is 0.844. The topological polar surface area (TPSA) is 9.23 Å². The standard InChI is InChI=1S/C13H8Br2ClFO/c14-9-2-1-8(12(16)5-9)7-18-13-6-10(17)3-4-11(13)15/h1-6H,7H2. The second-order valence-electron chi connectivity index (χ2n) is 3.60. The summed E-state index contributed by atoms with van der Waals surface area (Å²) in [6.07, 6.45) is 0. The summed E-state index contributed by atoms with van der Waals surface area (Å²) < 4.78 is 20.2. The van der Waals surface area contributed by atoms with E-state index in [1.807, 2.05) is 12.1 Å². The van der Waals surface area contributed by atoms with Gasteiger partial charge in [0, 0.05) is 21.1 Å². The Kier molecular flexibility index (Phi) is 4.65. The minimum Gasteiger partial charge on any atom is -0.488 e. The minimum atomic E-state index is -0.338. The highest BCUT2D eigenvalue weighted by Gasteiger charge is 2.06. The molecule has 2 rings (SSSR count). The predicted molar refractivity (Wildman–Crippen MR) is 77.6 cm³/mol. The number of ether oxygens (including phenoxy) is 1. The third-order valence-corrected chi connectivity index (χ3v) is 3.79. The first-order valence-electron chi connectivity index (χ1n) is 5.08. The molecule has 0 atom stereocenters. The molecule has 18 heavy (non-hydrogen) atoms. The number of benzene rings is 2. The van der Waals surface area contributed by atoms with E-state index < -0.39 is 0 Å². The maximum Gasteiger partial charge on any atom is 0.136 e. The monoisotopic (exact) mass is 392 g/mol. The fourth-order valence-corrected chi connectivity index (χ4v) is 2.47. The fraction of sp³-hybridized carbons (Fsp3) is 0.0769. The lowest BCUT2D eigenvalue weighted by Crippen LogP contribution is -1.97. The van der Waals surface area contributed by atoms with Gasteiger partial charge < -0.3 is 4.74 Å². The molecule has 1 nitrogen and oxygen atoms in total. The van der Waals surface area contributed by atoms with Crippen molar-refractivity contribution in [3.05, 3.63) is 61.7 Å². The quantitative estimate of drug-likeness (QED) is 0.660. The molecule has 0 unspecified atom stereocenters. The first-order chi connectivity index (χ1) is 8.56. The summed E-state index contributed by atoms with van der Waals surface area (Å²) >= 11 is 12.7. The van der Waals surface area contributed by atoms with Crippen molar-refractivity contribution in [2.24, 2.45) is 0 Å². The molecule has 2 aromatic rings. The van der Waals surface area contributed by atoms with Crippen LogP contribution in [-0.4, -0.2) is 0 Å². The van der Waals surface area contributed by atoms with E-state index in [4.69, 9.17) is 16.3 Å². The van der Waals surface area contributed by atoms with E-state index in [1.165, 1.54) is 12.1 Å². The molecular formula is C13H8Br2ClFO. The van der Waals surface area contributed by atoms with Gasteiger partial charge in [-0.05, 0) is 40.2 Å². The predicted octanol–water partition coefficient (Wildman–Crippen LogP) is 5.58. The van der Waals surface area contributed by atoms with Gasteiger partial charge in [0.25, 0.3) is 0 Å². The van der Waals surface area contributed by atoms with E-state index in [0.29, 0.717) is 15.2 Å². The summed E-state index contributed by atoms with van der Waals surface area (Å²) in [6, 6.07) is 9.83. The van der Waals surface area contributed by atoms with E-state index in [1.54, 1.807) is 12.1 Å². The second-order valence-corrected chi connectivity index (χ2v) is 5.78. The summed E-state index contributed by atoms with van der Waals surface area (Å²) in [4.78, 5) is 0. The molecule has 0 N–H and O–H groups in total. The normalized spacial score (nSPS) is 10.4. The van der Waals surface area contributed by atoms with Crippen molar-refractivity contribution in [2.45, 2.75) is 6.61 Å². The number of halogens is 4. The van der Waals surface area contributed by atoms with Gasteiger partial charge in [-0.1, -0.05) is 33.6 Å². The Hall–Kier alpha value is -0.580. The van der Waals surface area contributed by atoms with Crippen molar-refractivity contribution in [3.8, 4) is 5.75 Å². The van der Waals surface area contributed by atoms with Gasteiger partial charge in [0.2, 0.25) is 0 Å². The lowest BCUT2D eigenvalue weighted by molar-refractivity contribution is 0.302. The summed E-state index contributed by atoms with van der Waals surface area (Å²) in [7, 11) is 0. The van der Waals surface area contributed by atoms with Crippen molar-refractivity contribution in [1.29, 1.82) is 0 Å². The van der Waals surface area contributed by atoms with E-state index in [9.17, 15) is 4.39 Å². The molecule has 0 saturated carbocycles. The molecule has 0 aliphatic heterocycles. The molecule has 0 aromatic heterocycles. The van der Waals surface area contributed by atoms with Gasteiger partial charge in [-0.3, -0.25) is 0 Å². The Labute approximate surface area is 126 Å². The van der Waals surface area contributed by atoms with Crippen molar-refractivity contribution in [1.82, 2.24) is 0 Å². The Bertz CT molecular complexity index is 575. The summed E-state index contributed by atoms with van der Waals surface area (Å²) in [6.45, 7) is 0.286. The van der Waals surface area contributed by atoms with Crippen LogP contribution in [-0.2, 0) is 6.61 Å². The molecule has 0 fully saturated rings. The van der Waals surface area contributed by atoms with Gasteiger partial charge in [0.1, 0.15) is 18.2 Å². The summed E-state index contributed by atoms with van der Waals surface area (Å²) in [5.74, 6) is 0.115. The zero-order valence-electron chi connectivity index (χ0n) is 9.09. The van der Waals surface area contributed by atoms with Crippen LogP contribution < -0.4 is 4.74 Å². The van der Waals surface area contributed by atoms with Crippen LogP contribution in [0.3, 0.4) is 0 Å². The van der Waals surface area contributed by atoms with Crippen molar-refractivity contribution in [3.63, 3.8) is 0 Å². The van der Waals surface area contributed by atoms with Crippen LogP contribution in [0.1, 0.15) is 5.56 Å². The van der Waals surface area contributed by atoms with Gasteiger partial charge in [-0.2, -0.15) is 0 Å². The van der Waals surface area contributed by atoms with Crippen molar-refractivity contribution >= 4 is 43.5 Å². The molecule has 0 heterocycles. The largest absolute Gasteiger partial charge is 0.488 e. The van der Waals surface area contributed by atoms with Gasteiger partial charge in [0.05, 0.1) is 4.47 Å². The fourth-order valence-electron chi connectivity index (χ4n) is 1.38. The maximum atomic E-state index is 13.1. The minimum absolute atomic E-state index is 0.286. The highest BCUT2D eigenvalue weighted by molar-refractivity contribution is 9.10. The van der Waals surface area contributed by atoms with Crippen molar-refractivity contribution < 1.29 is 9.13 Å². The Morgan fingerprint density at radius 2 is 1.89 bits per heavy atom. The van der Waals surface area contributed by atoms with Crippen LogP contribution in [0.15, 0.2) is 45.3 Å². The average Bonchev–Trinajstić information content (AvgIpc) is 2.32. The lowest BCUT2D eigenvalue weighted by Gasteiger charge is -2.09. The molecule has 94 valence electrons. The van der Waals surface area contributed by atoms with E-state index in [-0.39, 0.29) is 12.4 Å². The van der Waals surface area contributed by atoms with Crippen molar-refractivity contribution in [2.75, 3.05) is 0 Å². The lowest BCUT2D eigenvalue weighted by atomic mass is 10.2. The molecular weight excluding hydrogens is 386 g/mol. The van der Waals surface area contributed by atoms with Crippen LogP contribution in [0.2, 0.25) is 5.02 Å². The molecule has 5 heteroatoms.